The van der Waals surface area contributed by atoms with Crippen molar-refractivity contribution in [1.82, 2.24) is 25.4 Å². The number of aryl methyl sites for hydroxylation is 1. The Labute approximate surface area is 176 Å². The van der Waals surface area contributed by atoms with Gasteiger partial charge in [-0.2, -0.15) is 5.10 Å². The Morgan fingerprint density at radius 1 is 1.13 bits per heavy atom. The highest BCUT2D eigenvalue weighted by Gasteiger charge is 2.19. The SMILES string of the molecule is Cc1ccccc1-c1cc(C(=O)NCCC(=O)NC(C)C)c2cnn(C(C)C)c2n1. The molecule has 2 aromatic heterocycles. The van der Waals surface area contributed by atoms with Crippen LogP contribution in [0.3, 0.4) is 0 Å². The average molecular weight is 408 g/mol. The standard InChI is InChI=1S/C23H29N5O2/c1-14(2)26-21(29)10-11-24-23(30)18-12-20(17-9-7-6-8-16(17)5)27-22-19(18)13-25-28(22)15(3)4/h6-9,12-15H,10-11H2,1-5H3,(H,24,30)(H,26,29). The normalized spacial score (nSPS) is 11.3. The molecule has 0 aliphatic rings. The Hall–Kier alpha value is -3.22. The number of nitrogens with zero attached hydrogens (tertiary/aromatic N) is 3. The number of hydrogen-bond acceptors (Lipinski definition) is 4. The largest absolute Gasteiger partial charge is 0.354 e. The van der Waals surface area contributed by atoms with Crippen molar-refractivity contribution < 1.29 is 9.59 Å². The third-order valence-electron chi connectivity index (χ3n) is 4.81. The predicted molar refractivity (Wildman–Crippen MR) is 118 cm³/mol. The minimum absolute atomic E-state index is 0.0755. The van der Waals surface area contributed by atoms with Crippen molar-refractivity contribution in [3.63, 3.8) is 0 Å². The maximum absolute atomic E-state index is 13.0. The third-order valence-corrected chi connectivity index (χ3v) is 4.81. The lowest BCUT2D eigenvalue weighted by molar-refractivity contribution is -0.121. The molecule has 2 amide bonds. The van der Waals surface area contributed by atoms with E-state index in [0.717, 1.165) is 16.8 Å². The molecule has 0 radical (unpaired) electrons. The smallest absolute Gasteiger partial charge is 0.252 e. The number of pyridine rings is 1. The Morgan fingerprint density at radius 3 is 2.53 bits per heavy atom. The van der Waals surface area contributed by atoms with Crippen molar-refractivity contribution in [2.24, 2.45) is 0 Å². The van der Waals surface area contributed by atoms with Crippen LogP contribution in [0.15, 0.2) is 36.5 Å². The Kier molecular flexibility index (Phi) is 6.50. The van der Waals surface area contributed by atoms with Crippen molar-refractivity contribution in [3.05, 3.63) is 47.7 Å². The van der Waals surface area contributed by atoms with Gasteiger partial charge in [-0.3, -0.25) is 9.59 Å². The summed E-state index contributed by atoms with van der Waals surface area (Å²) >= 11 is 0. The molecule has 0 saturated heterocycles. The topological polar surface area (TPSA) is 88.9 Å². The minimum Gasteiger partial charge on any atom is -0.354 e. The number of fused-ring (bicyclic) bond motifs is 1. The Balaban J connectivity index is 1.95. The summed E-state index contributed by atoms with van der Waals surface area (Å²) in [5, 5.41) is 10.8. The molecule has 0 atom stereocenters. The summed E-state index contributed by atoms with van der Waals surface area (Å²) in [4.78, 5) is 29.7. The summed E-state index contributed by atoms with van der Waals surface area (Å²) < 4.78 is 1.82. The van der Waals surface area contributed by atoms with Crippen LogP contribution in [0.4, 0.5) is 0 Å². The van der Waals surface area contributed by atoms with E-state index < -0.39 is 0 Å². The quantitative estimate of drug-likeness (QED) is 0.626. The van der Waals surface area contributed by atoms with Crippen LogP contribution in [-0.4, -0.2) is 39.2 Å². The summed E-state index contributed by atoms with van der Waals surface area (Å²) in [5.41, 5.74) is 3.96. The molecule has 0 spiro atoms. The monoisotopic (exact) mass is 407 g/mol. The molecule has 1 aromatic carbocycles. The summed E-state index contributed by atoms with van der Waals surface area (Å²) in [7, 11) is 0. The lowest BCUT2D eigenvalue weighted by Crippen LogP contribution is -2.34. The number of carbonyl (C=O) groups is 2. The first kappa shape index (κ1) is 21.5. The second kappa shape index (κ2) is 9.07. The van der Waals surface area contributed by atoms with E-state index in [2.05, 4.69) is 15.7 Å². The van der Waals surface area contributed by atoms with Gasteiger partial charge in [0.05, 0.1) is 22.8 Å². The molecule has 0 unspecified atom stereocenters. The molecule has 7 heteroatoms. The van der Waals surface area contributed by atoms with E-state index in [1.54, 1.807) is 12.3 Å². The maximum Gasteiger partial charge on any atom is 0.252 e. The molecule has 0 saturated carbocycles. The first-order valence-corrected chi connectivity index (χ1v) is 10.3. The molecule has 3 rings (SSSR count). The van der Waals surface area contributed by atoms with Crippen LogP contribution in [0.25, 0.3) is 22.3 Å². The molecular formula is C23H29N5O2. The van der Waals surface area contributed by atoms with Gasteiger partial charge in [-0.15, -0.1) is 0 Å². The molecule has 30 heavy (non-hydrogen) atoms. The molecular weight excluding hydrogens is 378 g/mol. The van der Waals surface area contributed by atoms with Gasteiger partial charge >= 0.3 is 0 Å². The van der Waals surface area contributed by atoms with Crippen LogP contribution in [0.5, 0.6) is 0 Å². The van der Waals surface area contributed by atoms with Gasteiger partial charge in [-0.25, -0.2) is 9.67 Å². The third kappa shape index (κ3) is 4.67. The van der Waals surface area contributed by atoms with Gasteiger partial charge in [0.2, 0.25) is 5.91 Å². The molecule has 2 N–H and O–H groups in total. The van der Waals surface area contributed by atoms with E-state index in [1.807, 2.05) is 63.6 Å². The maximum atomic E-state index is 13.0. The fraction of sp³-hybridized carbons (Fsp3) is 0.391. The van der Waals surface area contributed by atoms with Gasteiger partial charge in [-0.1, -0.05) is 24.3 Å². The molecule has 7 nitrogen and oxygen atoms in total. The minimum atomic E-state index is -0.238. The van der Waals surface area contributed by atoms with E-state index in [9.17, 15) is 9.59 Å². The summed E-state index contributed by atoms with van der Waals surface area (Å²) in [6.07, 6.45) is 1.92. The second-order valence-corrected chi connectivity index (χ2v) is 8.02. The van der Waals surface area contributed by atoms with Crippen molar-refractivity contribution >= 4 is 22.8 Å². The molecule has 0 aliphatic heterocycles. The van der Waals surface area contributed by atoms with Crippen LogP contribution >= 0.6 is 0 Å². The molecule has 3 aromatic rings. The Morgan fingerprint density at radius 2 is 1.87 bits per heavy atom. The lowest BCUT2D eigenvalue weighted by atomic mass is 10.0. The van der Waals surface area contributed by atoms with Crippen LogP contribution in [0.1, 0.15) is 56.1 Å². The summed E-state index contributed by atoms with van der Waals surface area (Å²) in [6, 6.07) is 9.95. The number of aromatic nitrogens is 3. The van der Waals surface area contributed by atoms with Crippen LogP contribution in [0, 0.1) is 6.92 Å². The first-order valence-electron chi connectivity index (χ1n) is 10.3. The molecule has 0 fully saturated rings. The zero-order valence-electron chi connectivity index (χ0n) is 18.2. The van der Waals surface area contributed by atoms with Gasteiger partial charge in [0, 0.05) is 30.6 Å². The van der Waals surface area contributed by atoms with E-state index in [0.29, 0.717) is 16.6 Å². The summed E-state index contributed by atoms with van der Waals surface area (Å²) in [5.74, 6) is -0.323. The van der Waals surface area contributed by atoms with Crippen LogP contribution in [0.2, 0.25) is 0 Å². The fourth-order valence-corrected chi connectivity index (χ4v) is 3.36. The van der Waals surface area contributed by atoms with Gasteiger partial charge in [0.15, 0.2) is 5.65 Å². The molecule has 0 bridgehead atoms. The van der Waals surface area contributed by atoms with Crippen LogP contribution in [-0.2, 0) is 4.79 Å². The van der Waals surface area contributed by atoms with E-state index in [1.165, 1.54) is 0 Å². The van der Waals surface area contributed by atoms with E-state index in [-0.39, 0.29) is 36.9 Å². The number of rotatable bonds is 7. The number of benzene rings is 1. The highest BCUT2D eigenvalue weighted by molar-refractivity contribution is 6.06. The van der Waals surface area contributed by atoms with Crippen LogP contribution < -0.4 is 10.6 Å². The average Bonchev–Trinajstić information content (AvgIpc) is 3.11. The molecule has 158 valence electrons. The van der Waals surface area contributed by atoms with Gasteiger partial charge in [0.1, 0.15) is 0 Å². The zero-order chi connectivity index (χ0) is 21.8. The van der Waals surface area contributed by atoms with Gasteiger partial charge in [0.25, 0.3) is 5.91 Å². The van der Waals surface area contributed by atoms with Crippen molar-refractivity contribution in [3.8, 4) is 11.3 Å². The predicted octanol–water partition coefficient (Wildman–Crippen LogP) is 3.63. The number of carbonyl (C=O) groups excluding carboxylic acids is 2. The second-order valence-electron chi connectivity index (χ2n) is 8.02. The van der Waals surface area contributed by atoms with E-state index >= 15 is 0 Å². The van der Waals surface area contributed by atoms with E-state index in [4.69, 9.17) is 4.98 Å². The van der Waals surface area contributed by atoms with Gasteiger partial charge in [-0.05, 0) is 46.2 Å². The molecule has 0 aliphatic carbocycles. The molecule has 2 heterocycles. The number of amides is 2. The van der Waals surface area contributed by atoms with Crippen molar-refractivity contribution in [2.75, 3.05) is 6.54 Å². The highest BCUT2D eigenvalue weighted by atomic mass is 16.2. The lowest BCUT2D eigenvalue weighted by Gasteiger charge is -2.12. The highest BCUT2D eigenvalue weighted by Crippen LogP contribution is 2.28. The number of hydrogen-bond donors (Lipinski definition) is 2. The van der Waals surface area contributed by atoms with Crippen molar-refractivity contribution in [1.29, 1.82) is 0 Å². The zero-order valence-corrected chi connectivity index (χ0v) is 18.2. The first-order chi connectivity index (χ1) is 14.3. The number of nitrogens with one attached hydrogen (secondary N) is 2. The summed E-state index contributed by atoms with van der Waals surface area (Å²) in [6.45, 7) is 10.2. The van der Waals surface area contributed by atoms with Crippen molar-refractivity contribution in [2.45, 2.75) is 53.1 Å². The fourth-order valence-electron chi connectivity index (χ4n) is 3.36. The van der Waals surface area contributed by atoms with Gasteiger partial charge < -0.3 is 10.6 Å². The Bertz CT molecular complexity index is 1070.